The summed E-state index contributed by atoms with van der Waals surface area (Å²) in [5.74, 6) is -4.87. The van der Waals surface area contributed by atoms with E-state index in [0.29, 0.717) is 5.56 Å². The van der Waals surface area contributed by atoms with Crippen LogP contribution in [-0.4, -0.2) is 36.8 Å². The van der Waals surface area contributed by atoms with Gasteiger partial charge in [-0.1, -0.05) is 53.0 Å². The van der Waals surface area contributed by atoms with E-state index in [9.17, 15) is 35.9 Å². The van der Waals surface area contributed by atoms with E-state index in [-0.39, 0.29) is 30.7 Å². The highest BCUT2D eigenvalue weighted by atomic mass is 79.9. The summed E-state index contributed by atoms with van der Waals surface area (Å²) in [5.41, 5.74) is 0.161. The molecular weight excluding hydrogens is 625 g/mol. The number of rotatable bonds is 7. The fraction of sp³-hybridized carbons (Fsp3) is 0.273. The smallest absolute Gasteiger partial charge is 0.348 e. The highest BCUT2D eigenvalue weighted by Gasteiger charge is 2.40. The quantitative estimate of drug-likeness (QED) is 0.243. The van der Waals surface area contributed by atoms with E-state index in [0.717, 1.165) is 18.2 Å². The normalized spacial score (nSPS) is 14.0. The Kier molecular flexibility index (Phi) is 10.1. The fourth-order valence-corrected chi connectivity index (χ4v) is 4.08. The predicted octanol–water partition coefficient (Wildman–Crippen LogP) is 7.57. The Bertz CT molecular complexity index is 1150. The van der Waals surface area contributed by atoms with Crippen LogP contribution in [0, 0.1) is 0 Å². The van der Waals surface area contributed by atoms with Gasteiger partial charge in [-0.2, -0.15) is 26.3 Å². The number of carbonyl (C=O) groups is 2. The Labute approximate surface area is 225 Å². The van der Waals surface area contributed by atoms with Crippen molar-refractivity contribution in [1.29, 1.82) is 0 Å². The third-order valence-corrected chi connectivity index (χ3v) is 6.49. The number of hydrogen-bond acceptors (Lipinski definition) is 2. The van der Waals surface area contributed by atoms with E-state index < -0.39 is 42.7 Å². The highest BCUT2D eigenvalue weighted by molar-refractivity contribution is 9.10. The van der Waals surface area contributed by atoms with Crippen molar-refractivity contribution in [2.75, 3.05) is 6.54 Å². The maximum Gasteiger partial charge on any atom is 0.471 e. The summed E-state index contributed by atoms with van der Waals surface area (Å²) in [6.45, 7) is 0.909. The summed E-state index contributed by atoms with van der Waals surface area (Å²) in [5, 5.41) is 3.73. The Hall–Kier alpha value is -1.95. The Balaban J connectivity index is 2.16. The van der Waals surface area contributed by atoms with E-state index in [1.807, 2.05) is 0 Å². The molecular formula is C22H16BrCl3F6N2O2. The first-order valence-corrected chi connectivity index (χ1v) is 11.8. The minimum absolute atomic E-state index is 0.0677. The Morgan fingerprint density at radius 1 is 1.03 bits per heavy atom. The molecule has 2 aromatic carbocycles. The summed E-state index contributed by atoms with van der Waals surface area (Å²) < 4.78 is 78.1. The molecule has 0 aromatic heterocycles. The molecule has 0 aliphatic carbocycles. The van der Waals surface area contributed by atoms with Crippen LogP contribution >= 0.6 is 50.7 Å². The molecule has 0 saturated heterocycles. The minimum Gasteiger partial charge on any atom is -0.348 e. The fourth-order valence-electron chi connectivity index (χ4n) is 2.89. The van der Waals surface area contributed by atoms with Crippen molar-refractivity contribution in [1.82, 2.24) is 10.6 Å². The number of allylic oxidation sites excluding steroid dienone is 1. The molecule has 0 aliphatic rings. The molecule has 14 heteroatoms. The molecule has 0 radical (unpaired) electrons. The van der Waals surface area contributed by atoms with Gasteiger partial charge in [-0.05, 0) is 58.2 Å². The van der Waals surface area contributed by atoms with Gasteiger partial charge in [-0.3, -0.25) is 9.59 Å². The molecule has 0 aliphatic heterocycles. The van der Waals surface area contributed by atoms with Gasteiger partial charge >= 0.3 is 18.3 Å². The van der Waals surface area contributed by atoms with Crippen molar-refractivity contribution < 1.29 is 35.9 Å². The first kappa shape index (κ1) is 30.3. The van der Waals surface area contributed by atoms with Crippen molar-refractivity contribution in [2.24, 2.45) is 0 Å². The number of alkyl halides is 6. The average molecular weight is 641 g/mol. The largest absolute Gasteiger partial charge is 0.471 e. The second-order valence-corrected chi connectivity index (χ2v) is 9.55. The maximum absolute atomic E-state index is 13.7. The van der Waals surface area contributed by atoms with Crippen LogP contribution in [0.5, 0.6) is 0 Å². The van der Waals surface area contributed by atoms with Crippen molar-refractivity contribution in [3.63, 3.8) is 0 Å². The third kappa shape index (κ3) is 8.29. The second kappa shape index (κ2) is 12.1. The first-order chi connectivity index (χ1) is 16.5. The molecule has 4 nitrogen and oxygen atoms in total. The van der Waals surface area contributed by atoms with E-state index in [4.69, 9.17) is 34.8 Å². The van der Waals surface area contributed by atoms with Crippen LogP contribution in [0.15, 0.2) is 40.9 Å². The lowest BCUT2D eigenvalue weighted by molar-refractivity contribution is -0.173. The molecule has 2 N–H and O–H groups in total. The van der Waals surface area contributed by atoms with Gasteiger partial charge in [-0.25, -0.2) is 0 Å². The summed E-state index contributed by atoms with van der Waals surface area (Å²) >= 11 is 20.7. The van der Waals surface area contributed by atoms with E-state index >= 15 is 0 Å². The molecule has 2 amide bonds. The molecule has 196 valence electrons. The number of hydrogen-bond donors (Lipinski definition) is 2. The molecule has 2 rings (SSSR count). The van der Waals surface area contributed by atoms with Gasteiger partial charge in [-0.15, -0.1) is 0 Å². The summed E-state index contributed by atoms with van der Waals surface area (Å²) in [6, 6.07) is 5.37. The van der Waals surface area contributed by atoms with Crippen LogP contribution < -0.4 is 10.6 Å². The van der Waals surface area contributed by atoms with Crippen molar-refractivity contribution in [3.8, 4) is 0 Å². The highest BCUT2D eigenvalue weighted by Crippen LogP contribution is 2.41. The Morgan fingerprint density at radius 3 is 2.11 bits per heavy atom. The van der Waals surface area contributed by atoms with E-state index in [1.54, 1.807) is 5.32 Å². The molecule has 0 bridgehead atoms. The van der Waals surface area contributed by atoms with Crippen molar-refractivity contribution in [3.05, 3.63) is 72.6 Å². The lowest BCUT2D eigenvalue weighted by Crippen LogP contribution is -2.45. The van der Waals surface area contributed by atoms with Gasteiger partial charge in [0.25, 0.3) is 5.91 Å². The molecule has 2 unspecified atom stereocenters. The van der Waals surface area contributed by atoms with Gasteiger partial charge < -0.3 is 10.6 Å². The maximum atomic E-state index is 13.7. The zero-order chi connectivity index (χ0) is 27.4. The van der Waals surface area contributed by atoms with Gasteiger partial charge in [0.2, 0.25) is 0 Å². The number of benzene rings is 2. The van der Waals surface area contributed by atoms with Crippen molar-refractivity contribution in [2.45, 2.75) is 31.2 Å². The number of nitrogens with one attached hydrogen (secondary N) is 2. The summed E-state index contributed by atoms with van der Waals surface area (Å²) in [7, 11) is 0. The van der Waals surface area contributed by atoms with Crippen LogP contribution in [0.4, 0.5) is 26.3 Å². The zero-order valence-electron chi connectivity index (χ0n) is 18.0. The minimum atomic E-state index is -5.05. The van der Waals surface area contributed by atoms with Crippen LogP contribution in [0.1, 0.15) is 34.3 Å². The van der Waals surface area contributed by atoms with E-state index in [2.05, 4.69) is 21.2 Å². The third-order valence-electron chi connectivity index (χ3n) is 4.64. The standard InChI is InChI=1S/C22H16BrCl3F6N2O2/c1-10(9-33-20(36)22(30,31)32)34-19(35)13-4-2-11(6-15(13)23)3-5-14(21(27,28)29)12-7-16(24)18(26)17(25)8-12/h2-8,10,14H,9H2,1H3,(H,33,36)(H,34,35)/b5-3+. The zero-order valence-corrected chi connectivity index (χ0v) is 21.9. The molecule has 0 spiro atoms. The SMILES string of the molecule is CC(CNC(=O)C(F)(F)F)NC(=O)c1ccc(/C=C/C(c2cc(Cl)c(Cl)c(Cl)c2)C(F)(F)F)cc1Br. The van der Waals surface area contributed by atoms with Gasteiger partial charge in [0, 0.05) is 17.1 Å². The average Bonchev–Trinajstić information content (AvgIpc) is 2.74. The van der Waals surface area contributed by atoms with Crippen molar-refractivity contribution >= 4 is 68.6 Å². The van der Waals surface area contributed by atoms with Crippen LogP contribution in [-0.2, 0) is 4.79 Å². The molecule has 2 atom stereocenters. The van der Waals surface area contributed by atoms with Gasteiger partial charge in [0.15, 0.2) is 0 Å². The number of amides is 2. The topological polar surface area (TPSA) is 58.2 Å². The van der Waals surface area contributed by atoms with Crippen LogP contribution in [0.2, 0.25) is 15.1 Å². The number of halogens is 10. The lowest BCUT2D eigenvalue weighted by atomic mass is 9.97. The van der Waals surface area contributed by atoms with Gasteiger partial charge in [0.1, 0.15) is 0 Å². The monoisotopic (exact) mass is 638 g/mol. The molecule has 36 heavy (non-hydrogen) atoms. The van der Waals surface area contributed by atoms with Crippen LogP contribution in [0.3, 0.4) is 0 Å². The molecule has 0 fully saturated rings. The Morgan fingerprint density at radius 2 is 1.61 bits per heavy atom. The molecule has 0 heterocycles. The molecule has 0 saturated carbocycles. The predicted molar refractivity (Wildman–Crippen MR) is 129 cm³/mol. The number of carbonyl (C=O) groups excluding carboxylic acids is 2. The van der Waals surface area contributed by atoms with Crippen LogP contribution in [0.25, 0.3) is 6.08 Å². The summed E-state index contributed by atoms with van der Waals surface area (Å²) in [4.78, 5) is 23.3. The molecule has 2 aromatic rings. The second-order valence-electron chi connectivity index (χ2n) is 7.50. The van der Waals surface area contributed by atoms with Gasteiger partial charge in [0.05, 0.1) is 26.5 Å². The van der Waals surface area contributed by atoms with E-state index in [1.165, 1.54) is 31.2 Å². The first-order valence-electron chi connectivity index (χ1n) is 9.85. The lowest BCUT2D eigenvalue weighted by Gasteiger charge is -2.18. The summed E-state index contributed by atoms with van der Waals surface area (Å²) in [6.07, 6.45) is -7.64.